The summed E-state index contributed by atoms with van der Waals surface area (Å²) >= 11 is 0. The Bertz CT molecular complexity index is 566. The van der Waals surface area contributed by atoms with Crippen LogP contribution in [0.15, 0.2) is 54.6 Å². The third-order valence-electron chi connectivity index (χ3n) is 3.49. The fraction of sp³-hybridized carbons (Fsp3) is 0.278. The molecule has 2 N–H and O–H groups in total. The van der Waals surface area contributed by atoms with E-state index < -0.39 is 0 Å². The molecule has 110 valence electrons. The molecule has 0 aliphatic heterocycles. The summed E-state index contributed by atoms with van der Waals surface area (Å²) in [6.45, 7) is 0.677. The van der Waals surface area contributed by atoms with Gasteiger partial charge in [0.1, 0.15) is 0 Å². The van der Waals surface area contributed by atoms with Gasteiger partial charge in [-0.05, 0) is 29.5 Å². The Morgan fingerprint density at radius 1 is 0.905 bits per heavy atom. The van der Waals surface area contributed by atoms with E-state index >= 15 is 0 Å². The van der Waals surface area contributed by atoms with Gasteiger partial charge in [-0.25, -0.2) is 0 Å². The minimum absolute atomic E-state index is 0.0196. The first kappa shape index (κ1) is 15.3. The maximum atomic E-state index is 11.8. The van der Waals surface area contributed by atoms with Crippen LogP contribution in [0.3, 0.4) is 0 Å². The molecule has 0 saturated carbocycles. The highest BCUT2D eigenvalue weighted by Crippen LogP contribution is 2.10. The predicted molar refractivity (Wildman–Crippen MR) is 83.8 cm³/mol. The highest BCUT2D eigenvalue weighted by atomic mass is 16.3. The molecule has 0 aliphatic rings. The van der Waals surface area contributed by atoms with E-state index in [1.807, 2.05) is 42.5 Å². The van der Waals surface area contributed by atoms with Gasteiger partial charge in [-0.1, -0.05) is 54.6 Å². The maximum Gasteiger partial charge on any atom is 0.220 e. The van der Waals surface area contributed by atoms with E-state index in [0.717, 1.165) is 17.5 Å². The molecule has 0 saturated heterocycles. The van der Waals surface area contributed by atoms with Gasteiger partial charge >= 0.3 is 0 Å². The topological polar surface area (TPSA) is 49.3 Å². The average Bonchev–Trinajstić information content (AvgIpc) is 2.54. The Balaban J connectivity index is 1.72. The zero-order valence-corrected chi connectivity index (χ0v) is 12.1. The van der Waals surface area contributed by atoms with E-state index in [-0.39, 0.29) is 12.5 Å². The monoisotopic (exact) mass is 283 g/mol. The number of amides is 1. The molecule has 0 aliphatic carbocycles. The molecule has 0 aromatic heterocycles. The molecule has 21 heavy (non-hydrogen) atoms. The molecule has 1 amide bonds. The van der Waals surface area contributed by atoms with Crippen LogP contribution in [0.4, 0.5) is 0 Å². The first-order chi connectivity index (χ1) is 10.3. The number of hydrogen-bond acceptors (Lipinski definition) is 2. The second-order valence-electron chi connectivity index (χ2n) is 5.01. The Morgan fingerprint density at radius 3 is 2.29 bits per heavy atom. The summed E-state index contributed by atoms with van der Waals surface area (Å²) in [6.07, 6.45) is 1.96. The molecule has 2 rings (SSSR count). The zero-order valence-electron chi connectivity index (χ0n) is 12.1. The minimum Gasteiger partial charge on any atom is -0.392 e. The number of rotatable bonds is 7. The summed E-state index contributed by atoms with van der Waals surface area (Å²) in [5.41, 5.74) is 3.16. The highest BCUT2D eigenvalue weighted by Gasteiger charge is 2.05. The van der Waals surface area contributed by atoms with Crippen LogP contribution in [0.1, 0.15) is 23.1 Å². The first-order valence-electron chi connectivity index (χ1n) is 7.28. The predicted octanol–water partition coefficient (Wildman–Crippen LogP) is 2.47. The Labute approximate surface area is 125 Å². The van der Waals surface area contributed by atoms with Crippen LogP contribution >= 0.6 is 0 Å². The van der Waals surface area contributed by atoms with Gasteiger partial charge in [0.25, 0.3) is 0 Å². The van der Waals surface area contributed by atoms with Crippen molar-refractivity contribution in [2.75, 3.05) is 6.54 Å². The van der Waals surface area contributed by atoms with Gasteiger partial charge in [0.05, 0.1) is 6.61 Å². The van der Waals surface area contributed by atoms with Crippen LogP contribution in [0.25, 0.3) is 0 Å². The van der Waals surface area contributed by atoms with E-state index in [0.29, 0.717) is 19.4 Å². The van der Waals surface area contributed by atoms with Crippen LogP contribution in [0.2, 0.25) is 0 Å². The first-order valence-corrected chi connectivity index (χ1v) is 7.28. The molecule has 0 radical (unpaired) electrons. The summed E-state index contributed by atoms with van der Waals surface area (Å²) in [5.74, 6) is 0.0543. The quantitative estimate of drug-likeness (QED) is 0.820. The van der Waals surface area contributed by atoms with Crippen LogP contribution < -0.4 is 5.32 Å². The van der Waals surface area contributed by atoms with Gasteiger partial charge in [0.15, 0.2) is 0 Å². The van der Waals surface area contributed by atoms with Gasteiger partial charge in [-0.3, -0.25) is 4.79 Å². The van der Waals surface area contributed by atoms with Gasteiger partial charge in [-0.15, -0.1) is 0 Å². The molecule has 0 unspecified atom stereocenters. The van der Waals surface area contributed by atoms with Crippen molar-refractivity contribution in [2.24, 2.45) is 0 Å². The highest BCUT2D eigenvalue weighted by molar-refractivity contribution is 5.76. The van der Waals surface area contributed by atoms with Crippen LogP contribution in [-0.2, 0) is 24.2 Å². The van der Waals surface area contributed by atoms with E-state index in [1.54, 1.807) is 0 Å². The standard InChI is InChI=1S/C18H21NO2/c20-14-17-9-5-4-8-16(17)10-11-18(21)19-13-12-15-6-2-1-3-7-15/h1-9,20H,10-14H2,(H,19,21). The molecule has 0 atom stereocenters. The normalized spacial score (nSPS) is 10.3. The number of aliphatic hydroxyl groups is 1. The van der Waals surface area contributed by atoms with Crippen molar-refractivity contribution in [1.82, 2.24) is 5.32 Å². The second-order valence-corrected chi connectivity index (χ2v) is 5.01. The summed E-state index contributed by atoms with van der Waals surface area (Å²) in [6, 6.07) is 17.8. The Morgan fingerprint density at radius 2 is 1.57 bits per heavy atom. The number of aryl methyl sites for hydroxylation is 1. The van der Waals surface area contributed by atoms with Crippen molar-refractivity contribution < 1.29 is 9.90 Å². The number of carbonyl (C=O) groups excluding carboxylic acids is 1. The summed E-state index contributed by atoms with van der Waals surface area (Å²) in [4.78, 5) is 11.8. The van der Waals surface area contributed by atoms with Crippen molar-refractivity contribution in [3.63, 3.8) is 0 Å². The number of carbonyl (C=O) groups is 1. The lowest BCUT2D eigenvalue weighted by Crippen LogP contribution is -2.25. The molecular formula is C18H21NO2. The van der Waals surface area contributed by atoms with Crippen molar-refractivity contribution in [3.05, 3.63) is 71.3 Å². The van der Waals surface area contributed by atoms with E-state index in [1.165, 1.54) is 5.56 Å². The second kappa shape index (κ2) is 8.22. The van der Waals surface area contributed by atoms with Gasteiger partial charge < -0.3 is 10.4 Å². The molecule has 0 spiro atoms. The molecular weight excluding hydrogens is 262 g/mol. The fourth-order valence-electron chi connectivity index (χ4n) is 2.28. The third kappa shape index (κ3) is 5.04. The smallest absolute Gasteiger partial charge is 0.220 e. The third-order valence-corrected chi connectivity index (χ3v) is 3.49. The van der Waals surface area contributed by atoms with Crippen molar-refractivity contribution in [1.29, 1.82) is 0 Å². The summed E-state index contributed by atoms with van der Waals surface area (Å²) in [7, 11) is 0. The van der Waals surface area contributed by atoms with E-state index in [2.05, 4.69) is 17.4 Å². The van der Waals surface area contributed by atoms with Crippen LogP contribution in [-0.4, -0.2) is 17.6 Å². The SMILES string of the molecule is O=C(CCc1ccccc1CO)NCCc1ccccc1. The van der Waals surface area contributed by atoms with Crippen LogP contribution in [0, 0.1) is 0 Å². The molecule has 3 heteroatoms. The zero-order chi connectivity index (χ0) is 14.9. The van der Waals surface area contributed by atoms with E-state index in [9.17, 15) is 9.90 Å². The van der Waals surface area contributed by atoms with E-state index in [4.69, 9.17) is 0 Å². The van der Waals surface area contributed by atoms with Crippen molar-refractivity contribution in [2.45, 2.75) is 25.9 Å². The van der Waals surface area contributed by atoms with Gasteiger partial charge in [-0.2, -0.15) is 0 Å². The number of hydrogen-bond donors (Lipinski definition) is 2. The van der Waals surface area contributed by atoms with Gasteiger partial charge in [0, 0.05) is 13.0 Å². The summed E-state index contributed by atoms with van der Waals surface area (Å²) in [5, 5.41) is 12.2. The van der Waals surface area contributed by atoms with Crippen molar-refractivity contribution >= 4 is 5.91 Å². The number of benzene rings is 2. The fourth-order valence-corrected chi connectivity index (χ4v) is 2.28. The molecule has 2 aromatic carbocycles. The lowest BCUT2D eigenvalue weighted by atomic mass is 10.0. The van der Waals surface area contributed by atoms with Gasteiger partial charge in [0.2, 0.25) is 5.91 Å². The number of aliphatic hydroxyl groups excluding tert-OH is 1. The molecule has 3 nitrogen and oxygen atoms in total. The Hall–Kier alpha value is -2.13. The summed E-state index contributed by atoms with van der Waals surface area (Å²) < 4.78 is 0. The van der Waals surface area contributed by atoms with Crippen molar-refractivity contribution in [3.8, 4) is 0 Å². The molecule has 0 heterocycles. The average molecular weight is 283 g/mol. The lowest BCUT2D eigenvalue weighted by molar-refractivity contribution is -0.121. The number of nitrogens with one attached hydrogen (secondary N) is 1. The molecule has 0 bridgehead atoms. The minimum atomic E-state index is 0.0196. The maximum absolute atomic E-state index is 11.8. The largest absolute Gasteiger partial charge is 0.392 e. The Kier molecular flexibility index (Phi) is 5.98. The van der Waals surface area contributed by atoms with Crippen LogP contribution in [0.5, 0.6) is 0 Å². The molecule has 0 fully saturated rings. The lowest BCUT2D eigenvalue weighted by Gasteiger charge is -2.08. The molecule has 2 aromatic rings.